The summed E-state index contributed by atoms with van der Waals surface area (Å²) in [5, 5.41) is 9.12. The highest BCUT2D eigenvalue weighted by Crippen LogP contribution is 2.32. The van der Waals surface area contributed by atoms with Crippen LogP contribution in [0, 0.1) is 11.2 Å². The zero-order chi connectivity index (χ0) is 14.6. The average Bonchev–Trinajstić information content (AvgIpc) is 2.33. The van der Waals surface area contributed by atoms with E-state index in [1.54, 1.807) is 26.0 Å². The van der Waals surface area contributed by atoms with E-state index in [1.807, 2.05) is 0 Å². The molecule has 0 aliphatic carbocycles. The lowest BCUT2D eigenvalue weighted by Crippen LogP contribution is -2.26. The van der Waals surface area contributed by atoms with Crippen molar-refractivity contribution in [1.29, 1.82) is 0 Å². The van der Waals surface area contributed by atoms with Gasteiger partial charge < -0.3 is 14.6 Å². The minimum atomic E-state index is -0.984. The van der Waals surface area contributed by atoms with Gasteiger partial charge in [-0.2, -0.15) is 0 Å². The predicted octanol–water partition coefficient (Wildman–Crippen LogP) is 2.63. The molecule has 106 valence electrons. The van der Waals surface area contributed by atoms with E-state index >= 15 is 0 Å². The van der Waals surface area contributed by atoms with Gasteiger partial charge in [0, 0.05) is 12.7 Å². The van der Waals surface area contributed by atoms with Crippen molar-refractivity contribution in [3.8, 4) is 5.75 Å². The quantitative estimate of drug-likeness (QED) is 0.863. The van der Waals surface area contributed by atoms with Crippen molar-refractivity contribution >= 4 is 5.97 Å². The van der Waals surface area contributed by atoms with E-state index < -0.39 is 17.2 Å². The second-order valence-electron chi connectivity index (χ2n) is 5.03. The molecule has 19 heavy (non-hydrogen) atoms. The Balaban J connectivity index is 3.16. The Morgan fingerprint density at radius 3 is 2.37 bits per heavy atom. The van der Waals surface area contributed by atoms with Crippen LogP contribution in [0.1, 0.15) is 25.0 Å². The highest BCUT2D eigenvalue weighted by atomic mass is 19.1. The minimum absolute atomic E-state index is 0.0869. The minimum Gasteiger partial charge on any atom is -0.493 e. The molecule has 0 aromatic heterocycles. The molecule has 0 amide bonds. The van der Waals surface area contributed by atoms with E-state index in [0.717, 1.165) is 0 Å². The maximum absolute atomic E-state index is 14.1. The zero-order valence-corrected chi connectivity index (χ0v) is 11.6. The molecule has 4 nitrogen and oxygen atoms in total. The predicted molar refractivity (Wildman–Crippen MR) is 68.8 cm³/mol. The summed E-state index contributed by atoms with van der Waals surface area (Å²) in [6, 6.07) is 3.27. The fourth-order valence-corrected chi connectivity index (χ4v) is 1.82. The topological polar surface area (TPSA) is 55.8 Å². The van der Waals surface area contributed by atoms with Gasteiger partial charge in [-0.3, -0.25) is 4.79 Å². The smallest absolute Gasteiger partial charge is 0.309 e. The van der Waals surface area contributed by atoms with Crippen LogP contribution in [0.25, 0.3) is 0 Å². The van der Waals surface area contributed by atoms with Gasteiger partial charge in [-0.1, -0.05) is 12.1 Å². The van der Waals surface area contributed by atoms with Gasteiger partial charge in [-0.15, -0.1) is 0 Å². The Labute approximate surface area is 112 Å². The van der Waals surface area contributed by atoms with Crippen molar-refractivity contribution in [1.82, 2.24) is 0 Å². The first-order chi connectivity index (χ1) is 8.83. The first-order valence-electron chi connectivity index (χ1n) is 5.90. The van der Waals surface area contributed by atoms with E-state index in [1.165, 1.54) is 14.2 Å². The third-order valence-electron chi connectivity index (χ3n) is 2.97. The third-order valence-corrected chi connectivity index (χ3v) is 2.97. The van der Waals surface area contributed by atoms with Crippen LogP contribution in [0.15, 0.2) is 12.1 Å². The van der Waals surface area contributed by atoms with Gasteiger partial charge in [-0.05, 0) is 25.8 Å². The molecular weight excluding hydrogens is 251 g/mol. The third kappa shape index (κ3) is 3.44. The molecule has 0 radical (unpaired) electrons. The van der Waals surface area contributed by atoms with Gasteiger partial charge in [-0.25, -0.2) is 4.39 Å². The first kappa shape index (κ1) is 15.4. The normalized spacial score (nSPS) is 11.4. The standard InChI is InChI=1S/C14H19FO4/c1-14(2,13(16)17)7-9-5-6-10(8-18-3)11(15)12(9)19-4/h5-6H,7-8H2,1-4H3,(H,16,17). The second-order valence-corrected chi connectivity index (χ2v) is 5.03. The van der Waals surface area contributed by atoms with E-state index in [9.17, 15) is 9.18 Å². The molecule has 0 bridgehead atoms. The van der Waals surface area contributed by atoms with Crippen molar-refractivity contribution in [2.45, 2.75) is 26.9 Å². The van der Waals surface area contributed by atoms with Crippen LogP contribution in [0.5, 0.6) is 5.75 Å². The van der Waals surface area contributed by atoms with Crippen LogP contribution in [0.4, 0.5) is 4.39 Å². The van der Waals surface area contributed by atoms with E-state index in [2.05, 4.69) is 0 Å². The second kappa shape index (κ2) is 6.02. The lowest BCUT2D eigenvalue weighted by atomic mass is 9.85. The summed E-state index contributed by atoms with van der Waals surface area (Å²) in [6.45, 7) is 3.33. The number of ether oxygens (including phenoxy) is 2. The molecule has 0 aliphatic heterocycles. The zero-order valence-electron chi connectivity index (χ0n) is 11.6. The van der Waals surface area contributed by atoms with Crippen molar-refractivity contribution in [3.05, 3.63) is 29.1 Å². The molecule has 1 rings (SSSR count). The number of carboxylic acids is 1. The number of methoxy groups -OCH3 is 2. The summed E-state index contributed by atoms with van der Waals surface area (Å²) in [4.78, 5) is 11.1. The van der Waals surface area contributed by atoms with E-state index in [0.29, 0.717) is 11.1 Å². The van der Waals surface area contributed by atoms with Crippen molar-refractivity contribution in [3.63, 3.8) is 0 Å². The monoisotopic (exact) mass is 270 g/mol. The van der Waals surface area contributed by atoms with Crippen LogP contribution in [-0.2, 0) is 22.6 Å². The van der Waals surface area contributed by atoms with Crippen LogP contribution in [-0.4, -0.2) is 25.3 Å². The number of aliphatic carboxylic acids is 1. The van der Waals surface area contributed by atoms with Gasteiger partial charge in [0.05, 0.1) is 19.1 Å². The number of carbonyl (C=O) groups is 1. The fourth-order valence-electron chi connectivity index (χ4n) is 1.82. The lowest BCUT2D eigenvalue weighted by Gasteiger charge is -2.21. The molecule has 1 aromatic carbocycles. The van der Waals surface area contributed by atoms with Gasteiger partial charge in [0.25, 0.3) is 0 Å². The molecule has 0 saturated carbocycles. The fraction of sp³-hybridized carbons (Fsp3) is 0.500. The van der Waals surface area contributed by atoms with Crippen molar-refractivity contribution < 1.29 is 23.8 Å². The van der Waals surface area contributed by atoms with Crippen molar-refractivity contribution in [2.75, 3.05) is 14.2 Å². The van der Waals surface area contributed by atoms with Gasteiger partial charge >= 0.3 is 5.97 Å². The van der Waals surface area contributed by atoms with Crippen LogP contribution in [0.2, 0.25) is 0 Å². The maximum atomic E-state index is 14.1. The van der Waals surface area contributed by atoms with Crippen LogP contribution in [0.3, 0.4) is 0 Å². The summed E-state index contributed by atoms with van der Waals surface area (Å²) in [5.41, 5.74) is -0.0637. The first-order valence-corrected chi connectivity index (χ1v) is 5.90. The Bertz CT molecular complexity index is 469. The number of halogens is 1. The Hall–Kier alpha value is -1.62. The van der Waals surface area contributed by atoms with Crippen LogP contribution >= 0.6 is 0 Å². The molecule has 0 spiro atoms. The summed E-state index contributed by atoms with van der Waals surface area (Å²) >= 11 is 0. The summed E-state index contributed by atoms with van der Waals surface area (Å²) in [6.07, 6.45) is 0.190. The highest BCUT2D eigenvalue weighted by Gasteiger charge is 2.29. The van der Waals surface area contributed by atoms with Crippen LogP contribution < -0.4 is 4.74 Å². The summed E-state index contributed by atoms with van der Waals surface area (Å²) < 4.78 is 24.1. The molecule has 0 saturated heterocycles. The van der Waals surface area contributed by atoms with Gasteiger partial charge in [0.2, 0.25) is 0 Å². The Morgan fingerprint density at radius 1 is 1.32 bits per heavy atom. The lowest BCUT2D eigenvalue weighted by molar-refractivity contribution is -0.146. The van der Waals surface area contributed by atoms with E-state index in [4.69, 9.17) is 14.6 Å². The number of carboxylic acid groups (broad SMARTS) is 1. The maximum Gasteiger partial charge on any atom is 0.309 e. The van der Waals surface area contributed by atoms with Gasteiger partial charge in [0.15, 0.2) is 11.6 Å². The number of benzene rings is 1. The molecule has 0 atom stereocenters. The largest absolute Gasteiger partial charge is 0.493 e. The molecular formula is C14H19FO4. The molecule has 0 heterocycles. The number of hydrogen-bond donors (Lipinski definition) is 1. The molecule has 0 fully saturated rings. The Kier molecular flexibility index (Phi) is 4.89. The molecule has 5 heteroatoms. The molecule has 0 unspecified atom stereocenters. The molecule has 1 aromatic rings. The SMILES string of the molecule is COCc1ccc(CC(C)(C)C(=O)O)c(OC)c1F. The summed E-state index contributed by atoms with van der Waals surface area (Å²) in [5.74, 6) is -1.34. The number of rotatable bonds is 6. The number of hydrogen-bond acceptors (Lipinski definition) is 3. The van der Waals surface area contributed by atoms with Gasteiger partial charge in [0.1, 0.15) is 0 Å². The average molecular weight is 270 g/mol. The highest BCUT2D eigenvalue weighted by molar-refractivity contribution is 5.74. The molecule has 1 N–H and O–H groups in total. The van der Waals surface area contributed by atoms with Crippen molar-refractivity contribution in [2.24, 2.45) is 5.41 Å². The Morgan fingerprint density at radius 2 is 1.89 bits per heavy atom. The van der Waals surface area contributed by atoms with E-state index in [-0.39, 0.29) is 18.8 Å². The molecule has 0 aliphatic rings. The summed E-state index contributed by atoms with van der Waals surface area (Å²) in [7, 11) is 2.85.